The molecule has 1 saturated carbocycles. The summed E-state index contributed by atoms with van der Waals surface area (Å²) in [6, 6.07) is 4.11. The first kappa shape index (κ1) is 15.3. The summed E-state index contributed by atoms with van der Waals surface area (Å²) in [5.41, 5.74) is 1.23. The van der Waals surface area contributed by atoms with Crippen LogP contribution in [0.2, 0.25) is 0 Å². The summed E-state index contributed by atoms with van der Waals surface area (Å²) in [5.74, 6) is 1.67. The second-order valence-corrected chi connectivity index (χ2v) is 6.34. The molecule has 0 radical (unpaired) electrons. The van der Waals surface area contributed by atoms with Gasteiger partial charge in [0.1, 0.15) is 5.82 Å². The van der Waals surface area contributed by atoms with Crippen molar-refractivity contribution in [2.24, 2.45) is 5.92 Å². The molecule has 1 N–H and O–H groups in total. The molecule has 5 heteroatoms. The van der Waals surface area contributed by atoms with Gasteiger partial charge in [0, 0.05) is 57.4 Å². The fraction of sp³-hybridized carbons (Fsp3) is 0.647. The van der Waals surface area contributed by atoms with Crippen molar-refractivity contribution < 1.29 is 4.79 Å². The van der Waals surface area contributed by atoms with E-state index in [0.717, 1.165) is 57.8 Å². The van der Waals surface area contributed by atoms with E-state index in [2.05, 4.69) is 26.2 Å². The Labute approximate surface area is 132 Å². The third-order valence-electron chi connectivity index (χ3n) is 4.88. The van der Waals surface area contributed by atoms with Crippen LogP contribution in [-0.2, 0) is 11.3 Å². The van der Waals surface area contributed by atoms with E-state index >= 15 is 0 Å². The van der Waals surface area contributed by atoms with Gasteiger partial charge in [0.15, 0.2) is 0 Å². The zero-order valence-corrected chi connectivity index (χ0v) is 13.4. The van der Waals surface area contributed by atoms with E-state index in [1.165, 1.54) is 12.0 Å². The molecule has 2 fully saturated rings. The van der Waals surface area contributed by atoms with Crippen molar-refractivity contribution in [1.29, 1.82) is 0 Å². The molecule has 5 nitrogen and oxygen atoms in total. The van der Waals surface area contributed by atoms with Gasteiger partial charge in [-0.15, -0.1) is 0 Å². The van der Waals surface area contributed by atoms with E-state index in [4.69, 9.17) is 0 Å². The second-order valence-electron chi connectivity index (χ2n) is 6.34. The van der Waals surface area contributed by atoms with E-state index in [0.29, 0.717) is 11.8 Å². The average Bonchev–Trinajstić information content (AvgIpc) is 2.72. The summed E-state index contributed by atoms with van der Waals surface area (Å²) >= 11 is 0. The number of aromatic nitrogens is 1. The number of hydrogen-bond acceptors (Lipinski definition) is 4. The molecule has 2 aliphatic rings. The minimum Gasteiger partial charge on any atom is -0.373 e. The molecule has 22 heavy (non-hydrogen) atoms. The third kappa shape index (κ3) is 3.40. The lowest BCUT2D eigenvalue weighted by atomic mass is 9.84. The number of carbonyl (C=O) groups is 1. The molecule has 1 saturated heterocycles. The van der Waals surface area contributed by atoms with Crippen LogP contribution in [0.5, 0.6) is 0 Å². The first-order chi connectivity index (χ1) is 10.8. The van der Waals surface area contributed by atoms with Crippen LogP contribution >= 0.6 is 0 Å². The van der Waals surface area contributed by atoms with Gasteiger partial charge < -0.3 is 10.2 Å². The van der Waals surface area contributed by atoms with Gasteiger partial charge in [-0.05, 0) is 25.3 Å². The first-order valence-corrected chi connectivity index (χ1v) is 8.40. The standard InChI is InChI=1S/C17H26N4O/c1-18-16-15(7-3-8-19-16)13-20-9-4-10-21(12-11-20)17(22)14-5-2-6-14/h3,7-8,14H,2,4-6,9-13H2,1H3,(H,18,19). The summed E-state index contributed by atoms with van der Waals surface area (Å²) in [6.07, 6.45) is 6.30. The minimum atomic E-state index is 0.320. The van der Waals surface area contributed by atoms with Crippen molar-refractivity contribution in [2.45, 2.75) is 32.2 Å². The fourth-order valence-electron chi connectivity index (χ4n) is 3.30. The molecule has 1 aromatic rings. The Hall–Kier alpha value is -1.62. The smallest absolute Gasteiger partial charge is 0.225 e. The summed E-state index contributed by atoms with van der Waals surface area (Å²) in [5, 5.41) is 3.16. The molecule has 2 heterocycles. The van der Waals surface area contributed by atoms with Crippen molar-refractivity contribution in [3.8, 4) is 0 Å². The molecule has 120 valence electrons. The number of nitrogens with one attached hydrogen (secondary N) is 1. The Kier molecular flexibility index (Phi) is 4.93. The highest BCUT2D eigenvalue weighted by Crippen LogP contribution is 2.28. The Morgan fingerprint density at radius 1 is 1.27 bits per heavy atom. The van der Waals surface area contributed by atoms with Gasteiger partial charge in [0.05, 0.1) is 0 Å². The lowest BCUT2D eigenvalue weighted by Crippen LogP contribution is -2.41. The quantitative estimate of drug-likeness (QED) is 0.923. The van der Waals surface area contributed by atoms with Gasteiger partial charge in [-0.3, -0.25) is 9.69 Å². The van der Waals surface area contributed by atoms with Crippen molar-refractivity contribution in [3.05, 3.63) is 23.9 Å². The van der Waals surface area contributed by atoms with Crippen LogP contribution in [0.25, 0.3) is 0 Å². The topological polar surface area (TPSA) is 48.5 Å². The van der Waals surface area contributed by atoms with Gasteiger partial charge in [0.25, 0.3) is 0 Å². The van der Waals surface area contributed by atoms with Crippen LogP contribution in [0.4, 0.5) is 5.82 Å². The third-order valence-corrected chi connectivity index (χ3v) is 4.88. The highest BCUT2D eigenvalue weighted by molar-refractivity contribution is 5.79. The van der Waals surface area contributed by atoms with Gasteiger partial charge in [-0.1, -0.05) is 12.5 Å². The number of rotatable bonds is 4. The lowest BCUT2D eigenvalue weighted by Gasteiger charge is -2.31. The Bertz CT molecular complexity index is 515. The van der Waals surface area contributed by atoms with Crippen LogP contribution in [0, 0.1) is 5.92 Å². The molecule has 0 spiro atoms. The number of hydrogen-bond donors (Lipinski definition) is 1. The van der Waals surface area contributed by atoms with E-state index in [9.17, 15) is 4.79 Å². The number of amides is 1. The molecule has 0 unspecified atom stereocenters. The average molecular weight is 302 g/mol. The molecular weight excluding hydrogens is 276 g/mol. The monoisotopic (exact) mass is 302 g/mol. The van der Waals surface area contributed by atoms with Gasteiger partial charge in [-0.25, -0.2) is 4.98 Å². The highest BCUT2D eigenvalue weighted by atomic mass is 16.2. The van der Waals surface area contributed by atoms with E-state index in [1.807, 2.05) is 19.3 Å². The summed E-state index contributed by atoms with van der Waals surface area (Å²) in [7, 11) is 1.91. The largest absolute Gasteiger partial charge is 0.373 e. The Morgan fingerprint density at radius 3 is 2.86 bits per heavy atom. The zero-order chi connectivity index (χ0) is 15.4. The van der Waals surface area contributed by atoms with Gasteiger partial charge >= 0.3 is 0 Å². The van der Waals surface area contributed by atoms with Crippen LogP contribution in [0.1, 0.15) is 31.2 Å². The maximum Gasteiger partial charge on any atom is 0.225 e. The van der Waals surface area contributed by atoms with Crippen molar-refractivity contribution in [1.82, 2.24) is 14.8 Å². The maximum atomic E-state index is 12.4. The Balaban J connectivity index is 1.57. The number of nitrogens with zero attached hydrogens (tertiary/aromatic N) is 3. The molecule has 1 aromatic heterocycles. The predicted molar refractivity (Wildman–Crippen MR) is 87.6 cm³/mol. The van der Waals surface area contributed by atoms with Crippen LogP contribution in [-0.4, -0.2) is 53.9 Å². The summed E-state index contributed by atoms with van der Waals surface area (Å²) in [6.45, 7) is 4.68. The number of anilines is 1. The first-order valence-electron chi connectivity index (χ1n) is 8.40. The summed E-state index contributed by atoms with van der Waals surface area (Å²) < 4.78 is 0. The fourth-order valence-corrected chi connectivity index (χ4v) is 3.30. The lowest BCUT2D eigenvalue weighted by molar-refractivity contribution is -0.138. The molecule has 1 aliphatic heterocycles. The normalized spacial score (nSPS) is 20.3. The highest BCUT2D eigenvalue weighted by Gasteiger charge is 2.30. The number of pyridine rings is 1. The van der Waals surface area contributed by atoms with E-state index in [-0.39, 0.29) is 0 Å². The van der Waals surface area contributed by atoms with Gasteiger partial charge in [-0.2, -0.15) is 0 Å². The summed E-state index contributed by atoms with van der Waals surface area (Å²) in [4.78, 5) is 21.3. The van der Waals surface area contributed by atoms with Crippen LogP contribution in [0.15, 0.2) is 18.3 Å². The predicted octanol–water partition coefficient (Wildman–Crippen LogP) is 1.96. The zero-order valence-electron chi connectivity index (χ0n) is 13.4. The maximum absolute atomic E-state index is 12.4. The van der Waals surface area contributed by atoms with Crippen LogP contribution < -0.4 is 5.32 Å². The molecule has 0 atom stereocenters. The van der Waals surface area contributed by atoms with Gasteiger partial charge in [0.2, 0.25) is 5.91 Å². The molecule has 0 aromatic carbocycles. The molecule has 0 bridgehead atoms. The molecular formula is C17H26N4O. The Morgan fingerprint density at radius 2 is 2.14 bits per heavy atom. The van der Waals surface area contributed by atoms with Crippen LogP contribution in [0.3, 0.4) is 0 Å². The van der Waals surface area contributed by atoms with Crippen molar-refractivity contribution in [2.75, 3.05) is 38.5 Å². The molecule has 1 aliphatic carbocycles. The molecule has 1 amide bonds. The number of carbonyl (C=O) groups excluding carboxylic acids is 1. The van der Waals surface area contributed by atoms with E-state index < -0.39 is 0 Å². The SMILES string of the molecule is CNc1ncccc1CN1CCCN(C(=O)C2CCC2)CC1. The minimum absolute atomic E-state index is 0.320. The van der Waals surface area contributed by atoms with Crippen molar-refractivity contribution in [3.63, 3.8) is 0 Å². The molecule has 3 rings (SSSR count). The van der Waals surface area contributed by atoms with Crippen molar-refractivity contribution >= 4 is 11.7 Å². The van der Waals surface area contributed by atoms with E-state index in [1.54, 1.807) is 0 Å². The second kappa shape index (κ2) is 7.09.